The molecule has 2 heterocycles. The second-order valence-corrected chi connectivity index (χ2v) is 6.07. The van der Waals surface area contributed by atoms with E-state index in [9.17, 15) is 4.79 Å². The SMILES string of the molecule is O=C(Cc1cc(Cl)c2c(c1)OCCO2)NCc1cccs1. The molecule has 21 heavy (non-hydrogen) atoms. The first kappa shape index (κ1) is 14.2. The minimum Gasteiger partial charge on any atom is -0.486 e. The Kier molecular flexibility index (Phi) is 4.31. The van der Waals surface area contributed by atoms with Gasteiger partial charge in [0.15, 0.2) is 11.5 Å². The van der Waals surface area contributed by atoms with Gasteiger partial charge in [0.1, 0.15) is 13.2 Å². The Morgan fingerprint density at radius 2 is 2.19 bits per heavy atom. The predicted molar refractivity (Wildman–Crippen MR) is 82.3 cm³/mol. The monoisotopic (exact) mass is 323 g/mol. The lowest BCUT2D eigenvalue weighted by Crippen LogP contribution is -2.24. The summed E-state index contributed by atoms with van der Waals surface area (Å²) in [5, 5.41) is 5.36. The van der Waals surface area contributed by atoms with Crippen LogP contribution in [0.3, 0.4) is 0 Å². The average molecular weight is 324 g/mol. The third-order valence-electron chi connectivity index (χ3n) is 3.06. The molecular formula is C15H14ClNO3S. The van der Waals surface area contributed by atoms with Gasteiger partial charge in [-0.3, -0.25) is 4.79 Å². The summed E-state index contributed by atoms with van der Waals surface area (Å²) in [6.45, 7) is 1.54. The molecule has 0 spiro atoms. The van der Waals surface area contributed by atoms with Gasteiger partial charge in [0.2, 0.25) is 5.91 Å². The Balaban J connectivity index is 1.64. The number of ether oxygens (including phenoxy) is 2. The lowest BCUT2D eigenvalue weighted by atomic mass is 10.1. The second-order valence-electron chi connectivity index (χ2n) is 4.63. The molecule has 3 rings (SSSR count). The molecule has 110 valence electrons. The van der Waals surface area contributed by atoms with Gasteiger partial charge in [-0.1, -0.05) is 17.7 Å². The lowest BCUT2D eigenvalue weighted by molar-refractivity contribution is -0.120. The van der Waals surface area contributed by atoms with Crippen molar-refractivity contribution >= 4 is 28.8 Å². The van der Waals surface area contributed by atoms with Crippen molar-refractivity contribution in [3.8, 4) is 11.5 Å². The van der Waals surface area contributed by atoms with Gasteiger partial charge in [-0.25, -0.2) is 0 Å². The van der Waals surface area contributed by atoms with Crippen molar-refractivity contribution in [3.63, 3.8) is 0 Å². The van der Waals surface area contributed by atoms with Gasteiger partial charge in [0, 0.05) is 4.88 Å². The average Bonchev–Trinajstić information content (AvgIpc) is 2.98. The first-order valence-corrected chi connectivity index (χ1v) is 7.85. The molecule has 0 fully saturated rings. The van der Waals surface area contributed by atoms with Gasteiger partial charge < -0.3 is 14.8 Å². The van der Waals surface area contributed by atoms with Crippen LogP contribution in [0.25, 0.3) is 0 Å². The van der Waals surface area contributed by atoms with Crippen LogP contribution in [-0.2, 0) is 17.8 Å². The van der Waals surface area contributed by atoms with Gasteiger partial charge in [0.25, 0.3) is 0 Å². The quantitative estimate of drug-likeness (QED) is 0.940. The van der Waals surface area contributed by atoms with E-state index in [0.29, 0.717) is 36.3 Å². The summed E-state index contributed by atoms with van der Waals surface area (Å²) >= 11 is 7.77. The maximum absolute atomic E-state index is 12.0. The van der Waals surface area contributed by atoms with Crippen LogP contribution in [0.15, 0.2) is 29.6 Å². The standard InChI is InChI=1S/C15H14ClNO3S/c16-12-6-10(7-13-15(12)20-4-3-19-13)8-14(18)17-9-11-2-1-5-21-11/h1-2,5-7H,3-4,8-9H2,(H,17,18). The van der Waals surface area contributed by atoms with Gasteiger partial charge in [-0.05, 0) is 29.1 Å². The van der Waals surface area contributed by atoms with E-state index in [-0.39, 0.29) is 12.3 Å². The summed E-state index contributed by atoms with van der Waals surface area (Å²) in [7, 11) is 0. The van der Waals surface area contributed by atoms with E-state index in [1.54, 1.807) is 17.4 Å². The molecule has 1 aromatic heterocycles. The molecule has 1 aliphatic heterocycles. The first-order chi connectivity index (χ1) is 10.2. The highest BCUT2D eigenvalue weighted by molar-refractivity contribution is 7.09. The number of carbonyl (C=O) groups excluding carboxylic acids is 1. The van der Waals surface area contributed by atoms with Crippen LogP contribution in [0.2, 0.25) is 5.02 Å². The zero-order chi connectivity index (χ0) is 14.7. The molecule has 4 nitrogen and oxygen atoms in total. The Bertz CT molecular complexity index is 643. The minimum atomic E-state index is -0.0452. The number of hydrogen-bond donors (Lipinski definition) is 1. The molecule has 0 radical (unpaired) electrons. The number of amides is 1. The van der Waals surface area contributed by atoms with Crippen LogP contribution in [0, 0.1) is 0 Å². The molecule has 0 saturated heterocycles. The number of nitrogens with one attached hydrogen (secondary N) is 1. The molecule has 0 aliphatic carbocycles. The normalized spacial score (nSPS) is 13.0. The molecular weight excluding hydrogens is 310 g/mol. The summed E-state index contributed by atoms with van der Waals surface area (Å²) in [4.78, 5) is 13.1. The topological polar surface area (TPSA) is 47.6 Å². The van der Waals surface area contributed by atoms with E-state index in [1.807, 2.05) is 23.6 Å². The van der Waals surface area contributed by atoms with Crippen molar-refractivity contribution in [1.82, 2.24) is 5.32 Å². The van der Waals surface area contributed by atoms with Crippen molar-refractivity contribution in [1.29, 1.82) is 0 Å². The zero-order valence-electron chi connectivity index (χ0n) is 11.2. The molecule has 1 aromatic carbocycles. The number of thiophene rings is 1. The maximum Gasteiger partial charge on any atom is 0.224 e. The number of fused-ring (bicyclic) bond motifs is 1. The van der Waals surface area contributed by atoms with Crippen molar-refractivity contribution in [2.24, 2.45) is 0 Å². The van der Waals surface area contributed by atoms with Crippen LogP contribution in [-0.4, -0.2) is 19.1 Å². The smallest absolute Gasteiger partial charge is 0.224 e. The fourth-order valence-electron chi connectivity index (χ4n) is 2.11. The highest BCUT2D eigenvalue weighted by Gasteiger charge is 2.17. The first-order valence-electron chi connectivity index (χ1n) is 6.59. The number of hydrogen-bond acceptors (Lipinski definition) is 4. The van der Waals surface area contributed by atoms with Crippen LogP contribution in [0.1, 0.15) is 10.4 Å². The molecule has 0 unspecified atom stereocenters. The molecule has 1 aliphatic rings. The van der Waals surface area contributed by atoms with E-state index in [1.165, 1.54) is 0 Å². The molecule has 2 aromatic rings. The molecule has 0 saturated carbocycles. The minimum absolute atomic E-state index is 0.0452. The third kappa shape index (κ3) is 3.49. The van der Waals surface area contributed by atoms with Crippen LogP contribution in [0.5, 0.6) is 11.5 Å². The molecule has 0 atom stereocenters. The summed E-state index contributed by atoms with van der Waals surface area (Å²) in [5.41, 5.74) is 0.813. The zero-order valence-corrected chi connectivity index (χ0v) is 12.8. The Labute approximate surface area is 131 Å². The molecule has 6 heteroatoms. The van der Waals surface area contributed by atoms with E-state index in [4.69, 9.17) is 21.1 Å². The van der Waals surface area contributed by atoms with Crippen molar-refractivity contribution < 1.29 is 14.3 Å². The Morgan fingerprint density at radius 3 is 3.00 bits per heavy atom. The van der Waals surface area contributed by atoms with Crippen molar-refractivity contribution in [2.45, 2.75) is 13.0 Å². The predicted octanol–water partition coefficient (Wildman–Crippen LogP) is 3.03. The summed E-state index contributed by atoms with van der Waals surface area (Å²) < 4.78 is 11.0. The Hall–Kier alpha value is -1.72. The summed E-state index contributed by atoms with van der Waals surface area (Å²) in [5.74, 6) is 1.12. The highest BCUT2D eigenvalue weighted by Crippen LogP contribution is 2.38. The maximum atomic E-state index is 12.0. The van der Waals surface area contributed by atoms with E-state index in [0.717, 1.165) is 10.4 Å². The largest absolute Gasteiger partial charge is 0.486 e. The van der Waals surface area contributed by atoms with Gasteiger partial charge in [-0.2, -0.15) is 0 Å². The van der Waals surface area contributed by atoms with Crippen LogP contribution >= 0.6 is 22.9 Å². The van der Waals surface area contributed by atoms with Gasteiger partial charge in [0.05, 0.1) is 18.0 Å². The van der Waals surface area contributed by atoms with Crippen LogP contribution in [0.4, 0.5) is 0 Å². The van der Waals surface area contributed by atoms with E-state index >= 15 is 0 Å². The molecule has 0 bridgehead atoms. The number of rotatable bonds is 4. The van der Waals surface area contributed by atoms with E-state index in [2.05, 4.69) is 5.32 Å². The summed E-state index contributed by atoms with van der Waals surface area (Å²) in [6.07, 6.45) is 0.266. The number of benzene rings is 1. The molecule has 1 amide bonds. The lowest BCUT2D eigenvalue weighted by Gasteiger charge is -2.20. The van der Waals surface area contributed by atoms with Crippen LogP contribution < -0.4 is 14.8 Å². The number of carbonyl (C=O) groups is 1. The van der Waals surface area contributed by atoms with E-state index < -0.39 is 0 Å². The van der Waals surface area contributed by atoms with Gasteiger partial charge >= 0.3 is 0 Å². The number of halogens is 1. The van der Waals surface area contributed by atoms with Crippen molar-refractivity contribution in [2.75, 3.05) is 13.2 Å². The Morgan fingerprint density at radius 1 is 1.33 bits per heavy atom. The third-order valence-corrected chi connectivity index (χ3v) is 4.22. The highest BCUT2D eigenvalue weighted by atomic mass is 35.5. The molecule has 1 N–H and O–H groups in total. The fourth-order valence-corrected chi connectivity index (χ4v) is 3.05. The van der Waals surface area contributed by atoms with Crippen molar-refractivity contribution in [3.05, 3.63) is 45.1 Å². The second kappa shape index (κ2) is 6.37. The fraction of sp³-hybridized carbons (Fsp3) is 0.267. The summed E-state index contributed by atoms with van der Waals surface area (Å²) in [6, 6.07) is 7.52. The van der Waals surface area contributed by atoms with Gasteiger partial charge in [-0.15, -0.1) is 11.3 Å².